The van der Waals surface area contributed by atoms with Gasteiger partial charge in [-0.1, -0.05) is 32.0 Å². The van der Waals surface area contributed by atoms with E-state index in [1.165, 1.54) is 29.8 Å². The largest absolute Gasteiger partial charge is 0.417 e. The maximum atomic E-state index is 13.6. The van der Waals surface area contributed by atoms with Gasteiger partial charge in [-0.25, -0.2) is 20.0 Å². The predicted molar refractivity (Wildman–Crippen MR) is 132 cm³/mol. The molecule has 1 aliphatic heterocycles. The number of aliphatic imine (C=N–C) groups is 1. The number of halogens is 6. The summed E-state index contributed by atoms with van der Waals surface area (Å²) in [6.45, 7) is 5.57. The van der Waals surface area contributed by atoms with Gasteiger partial charge in [0.15, 0.2) is 6.17 Å². The summed E-state index contributed by atoms with van der Waals surface area (Å²) < 4.78 is 81.4. The van der Waals surface area contributed by atoms with Crippen molar-refractivity contribution in [2.45, 2.75) is 45.3 Å². The Morgan fingerprint density at radius 2 is 1.66 bits per heavy atom. The highest BCUT2D eigenvalue weighted by atomic mass is 19.4. The highest BCUT2D eigenvalue weighted by Crippen LogP contribution is 2.39. The molecular weight excluding hydrogens is 514 g/mol. The lowest BCUT2D eigenvalue weighted by Crippen LogP contribution is -2.51. The van der Waals surface area contributed by atoms with Crippen LogP contribution in [0, 0.1) is 0 Å². The third-order valence-corrected chi connectivity index (χ3v) is 5.33. The van der Waals surface area contributed by atoms with Crippen LogP contribution in [0.3, 0.4) is 0 Å². The third kappa shape index (κ3) is 6.39. The van der Waals surface area contributed by atoms with Crippen molar-refractivity contribution in [1.29, 1.82) is 0 Å². The molecule has 2 N–H and O–H groups in total. The number of nitrogens with one attached hydrogen (secondary N) is 2. The Balaban J connectivity index is 0.00000174. The van der Waals surface area contributed by atoms with Gasteiger partial charge in [0.2, 0.25) is 5.95 Å². The van der Waals surface area contributed by atoms with E-state index in [0.717, 1.165) is 24.3 Å². The van der Waals surface area contributed by atoms with Crippen LogP contribution in [0.1, 0.15) is 43.7 Å². The highest BCUT2D eigenvalue weighted by Gasteiger charge is 2.36. The average molecular weight is 541 g/mol. The van der Waals surface area contributed by atoms with Crippen LogP contribution in [0.25, 0.3) is 11.1 Å². The van der Waals surface area contributed by atoms with Gasteiger partial charge in [-0.05, 0) is 48.4 Å². The topological polar surface area (TPSA) is 82.5 Å². The summed E-state index contributed by atoms with van der Waals surface area (Å²) >= 11 is 0. The lowest BCUT2D eigenvalue weighted by Gasteiger charge is -2.27. The number of hydrogen-bond acceptors (Lipinski definition) is 6. The van der Waals surface area contributed by atoms with Gasteiger partial charge in [-0.2, -0.15) is 26.3 Å². The number of benzene rings is 2. The third-order valence-electron chi connectivity index (χ3n) is 5.33. The molecule has 0 spiro atoms. The molecule has 3 aromatic rings. The van der Waals surface area contributed by atoms with Gasteiger partial charge < -0.3 is 5.32 Å². The summed E-state index contributed by atoms with van der Waals surface area (Å²) in [5.41, 5.74) is -0.892. The molecule has 1 aliphatic rings. The van der Waals surface area contributed by atoms with Crippen molar-refractivity contribution in [3.05, 3.63) is 77.6 Å². The smallest absolute Gasteiger partial charge is 0.345 e. The lowest BCUT2D eigenvalue weighted by molar-refractivity contribution is -0.137. The number of nitrogens with zero attached hydrogens (tertiary/aromatic N) is 4. The number of carbonyl (C=O) groups excluding carboxylic acids is 1. The zero-order valence-electron chi connectivity index (χ0n) is 20.5. The molecule has 4 rings (SSSR count). The fraction of sp³-hybridized carbons (Fsp3) is 0.280. The Kier molecular flexibility index (Phi) is 8.59. The zero-order chi connectivity index (χ0) is 28.1. The van der Waals surface area contributed by atoms with Crippen LogP contribution in [0.4, 0.5) is 32.3 Å². The number of hydrazine groups is 1. The molecule has 13 heteroatoms. The van der Waals surface area contributed by atoms with Gasteiger partial charge in [0, 0.05) is 19.4 Å². The van der Waals surface area contributed by atoms with Gasteiger partial charge in [0.05, 0.1) is 17.2 Å². The van der Waals surface area contributed by atoms with Crippen molar-refractivity contribution >= 4 is 18.2 Å². The molecule has 0 saturated carbocycles. The fourth-order valence-electron chi connectivity index (χ4n) is 3.68. The van der Waals surface area contributed by atoms with E-state index in [9.17, 15) is 31.1 Å². The molecule has 0 radical (unpaired) electrons. The van der Waals surface area contributed by atoms with Crippen LogP contribution in [0.5, 0.6) is 0 Å². The van der Waals surface area contributed by atoms with E-state index in [-0.39, 0.29) is 7.37 Å². The summed E-state index contributed by atoms with van der Waals surface area (Å²) in [6, 6.07) is 7.25. The summed E-state index contributed by atoms with van der Waals surface area (Å²) in [5.74, 6) is -0.679. The van der Waals surface area contributed by atoms with E-state index in [0.29, 0.717) is 12.1 Å². The molecular formula is C25H26F6N6O. The molecule has 1 amide bonds. The second kappa shape index (κ2) is 11.5. The minimum absolute atomic E-state index is 0. The molecule has 2 aromatic carbocycles. The second-order valence-corrected chi connectivity index (χ2v) is 7.84. The van der Waals surface area contributed by atoms with Crippen LogP contribution in [0.15, 0.2) is 65.9 Å². The van der Waals surface area contributed by atoms with Gasteiger partial charge >= 0.3 is 12.4 Å². The summed E-state index contributed by atoms with van der Waals surface area (Å²) in [4.78, 5) is 25.3. The van der Waals surface area contributed by atoms with Crippen LogP contribution in [0.2, 0.25) is 0 Å². The zero-order valence-corrected chi connectivity index (χ0v) is 20.5. The summed E-state index contributed by atoms with van der Waals surface area (Å²) in [6.07, 6.45) is -6.12. The van der Waals surface area contributed by atoms with E-state index < -0.39 is 58.3 Å². The molecule has 2 unspecified atom stereocenters. The normalized spacial score (nSPS) is 15.8. The van der Waals surface area contributed by atoms with Crippen LogP contribution < -0.4 is 15.8 Å². The number of hydrogen-bond donors (Lipinski definition) is 2. The fourth-order valence-corrected chi connectivity index (χ4v) is 3.68. The first-order valence-corrected chi connectivity index (χ1v) is 11.5. The number of carbonyl (C=O) groups is 1. The van der Waals surface area contributed by atoms with Crippen molar-refractivity contribution in [3.63, 3.8) is 0 Å². The average Bonchev–Trinajstić information content (AvgIpc) is 3.39. The second-order valence-electron chi connectivity index (χ2n) is 7.84. The van der Waals surface area contributed by atoms with E-state index in [4.69, 9.17) is 0 Å². The van der Waals surface area contributed by atoms with Gasteiger partial charge in [0.25, 0.3) is 5.91 Å². The molecule has 0 saturated heterocycles. The minimum atomic E-state index is -4.90. The SMILES string of the molecule is CC.CC(NC(=O)c1cc(-c2ccccc2C(F)(F)F)cc(C(F)(F)F)c1)C1N=CNN1c1ncccn1.[HH]. The number of rotatable bonds is 5. The van der Waals surface area contributed by atoms with Crippen LogP contribution in [-0.2, 0) is 12.4 Å². The predicted octanol–water partition coefficient (Wildman–Crippen LogP) is 5.95. The molecule has 204 valence electrons. The van der Waals surface area contributed by atoms with Gasteiger partial charge in [-0.15, -0.1) is 0 Å². The van der Waals surface area contributed by atoms with E-state index >= 15 is 0 Å². The monoisotopic (exact) mass is 540 g/mol. The quantitative estimate of drug-likeness (QED) is 0.391. The maximum absolute atomic E-state index is 13.6. The first kappa shape index (κ1) is 28.4. The Labute approximate surface area is 216 Å². The number of aromatic nitrogens is 2. The molecule has 0 bridgehead atoms. The number of anilines is 1. The van der Waals surface area contributed by atoms with Crippen molar-refractivity contribution in [3.8, 4) is 11.1 Å². The van der Waals surface area contributed by atoms with Gasteiger partial charge in [0.1, 0.15) is 6.34 Å². The van der Waals surface area contributed by atoms with Crippen LogP contribution in [-0.4, -0.2) is 34.4 Å². The lowest BCUT2D eigenvalue weighted by atomic mass is 9.95. The molecule has 7 nitrogen and oxygen atoms in total. The Hall–Kier alpha value is -4.16. The van der Waals surface area contributed by atoms with Crippen molar-refractivity contribution in [2.75, 3.05) is 5.01 Å². The van der Waals surface area contributed by atoms with Crippen molar-refractivity contribution < 1.29 is 32.6 Å². The molecule has 2 atom stereocenters. The van der Waals surface area contributed by atoms with Crippen LogP contribution >= 0.6 is 0 Å². The van der Waals surface area contributed by atoms with E-state index in [2.05, 4.69) is 25.7 Å². The number of amides is 1. The van der Waals surface area contributed by atoms with Crippen molar-refractivity contribution in [1.82, 2.24) is 20.7 Å². The Bertz CT molecular complexity index is 1290. The molecule has 0 fully saturated rings. The Morgan fingerprint density at radius 1 is 1.00 bits per heavy atom. The molecule has 0 aliphatic carbocycles. The first-order chi connectivity index (χ1) is 17.9. The van der Waals surface area contributed by atoms with Crippen molar-refractivity contribution in [2.24, 2.45) is 4.99 Å². The Morgan fingerprint density at radius 3 is 2.29 bits per heavy atom. The number of alkyl halides is 6. The molecule has 38 heavy (non-hydrogen) atoms. The van der Waals surface area contributed by atoms with E-state index in [1.54, 1.807) is 13.0 Å². The molecule has 2 heterocycles. The highest BCUT2D eigenvalue weighted by molar-refractivity contribution is 5.96. The summed E-state index contributed by atoms with van der Waals surface area (Å²) in [5, 5.41) is 4.01. The standard InChI is InChI=1S/C23H18F6N6O.C2H6.H2/c1-13(19-32-12-33-35(19)21-30-7-4-8-31-21)34-20(36)15-9-14(10-16(11-15)22(24,25)26)17-5-2-3-6-18(17)23(27,28)29;1-2;/h2-13,19H,1H3,(H,32,33)(H,34,36);1-2H3;1H. The minimum Gasteiger partial charge on any atom is -0.345 e. The van der Waals surface area contributed by atoms with E-state index in [1.807, 2.05) is 13.8 Å². The summed E-state index contributed by atoms with van der Waals surface area (Å²) in [7, 11) is 0. The van der Waals surface area contributed by atoms with Gasteiger partial charge in [-0.3, -0.25) is 10.2 Å². The maximum Gasteiger partial charge on any atom is 0.417 e. The molecule has 1 aromatic heterocycles. The first-order valence-electron chi connectivity index (χ1n) is 11.5.